The number of nitrogens with zero attached hydrogens (tertiary/aromatic N) is 1. The lowest BCUT2D eigenvalue weighted by Crippen LogP contribution is -2.56. The zero-order valence-electron chi connectivity index (χ0n) is 13.8. The molecule has 20 heavy (non-hydrogen) atoms. The predicted molar refractivity (Wildman–Crippen MR) is 85.6 cm³/mol. The zero-order chi connectivity index (χ0) is 14.4. The molecule has 0 aromatic carbocycles. The summed E-state index contributed by atoms with van der Waals surface area (Å²) in [6.07, 6.45) is 11.3. The molecule has 2 bridgehead atoms. The Balaban J connectivity index is 1.61. The molecule has 0 saturated heterocycles. The molecule has 0 heterocycles. The van der Waals surface area contributed by atoms with E-state index in [2.05, 4.69) is 25.8 Å². The highest BCUT2D eigenvalue weighted by Gasteiger charge is 2.44. The molecule has 3 atom stereocenters. The molecule has 3 aliphatic rings. The summed E-state index contributed by atoms with van der Waals surface area (Å²) in [6.45, 7) is 6.99. The van der Waals surface area contributed by atoms with E-state index in [0.29, 0.717) is 11.0 Å². The van der Waals surface area contributed by atoms with Gasteiger partial charge in [0.2, 0.25) is 0 Å². The van der Waals surface area contributed by atoms with Gasteiger partial charge in [0, 0.05) is 18.6 Å². The van der Waals surface area contributed by atoms with E-state index < -0.39 is 0 Å². The zero-order valence-corrected chi connectivity index (χ0v) is 13.8. The maximum atomic E-state index is 6.24. The van der Waals surface area contributed by atoms with Gasteiger partial charge < -0.3 is 5.73 Å². The average Bonchev–Trinajstić information content (AvgIpc) is 3.01. The van der Waals surface area contributed by atoms with Crippen LogP contribution in [0.4, 0.5) is 0 Å². The van der Waals surface area contributed by atoms with Crippen LogP contribution in [0.5, 0.6) is 0 Å². The maximum Gasteiger partial charge on any atom is 0.0329 e. The van der Waals surface area contributed by atoms with Crippen LogP contribution in [0.1, 0.15) is 65.2 Å². The highest BCUT2D eigenvalue weighted by Crippen LogP contribution is 2.49. The van der Waals surface area contributed by atoms with Gasteiger partial charge in [-0.15, -0.1) is 0 Å². The minimum atomic E-state index is 0.303. The summed E-state index contributed by atoms with van der Waals surface area (Å²) in [6, 6.07) is 0. The number of hydrogen-bond acceptors (Lipinski definition) is 2. The first kappa shape index (κ1) is 14.8. The second-order valence-electron chi connectivity index (χ2n) is 8.91. The minimum absolute atomic E-state index is 0.303. The minimum Gasteiger partial charge on any atom is -0.329 e. The maximum absolute atomic E-state index is 6.24. The molecule has 2 heteroatoms. The highest BCUT2D eigenvalue weighted by atomic mass is 15.2. The van der Waals surface area contributed by atoms with E-state index in [1.807, 2.05) is 0 Å². The van der Waals surface area contributed by atoms with E-state index >= 15 is 0 Å². The van der Waals surface area contributed by atoms with Crippen LogP contribution < -0.4 is 5.73 Å². The van der Waals surface area contributed by atoms with E-state index in [0.717, 1.165) is 24.3 Å². The number of nitrogens with two attached hydrogens (primary N) is 1. The first-order chi connectivity index (χ1) is 9.44. The summed E-state index contributed by atoms with van der Waals surface area (Å²) in [5, 5.41) is 0. The van der Waals surface area contributed by atoms with Crippen LogP contribution in [0.25, 0.3) is 0 Å². The molecule has 116 valence electrons. The largest absolute Gasteiger partial charge is 0.329 e. The molecule has 3 fully saturated rings. The first-order valence-electron chi connectivity index (χ1n) is 8.85. The van der Waals surface area contributed by atoms with Crippen molar-refractivity contribution in [3.63, 3.8) is 0 Å². The molecule has 3 saturated carbocycles. The molecule has 2 nitrogen and oxygen atoms in total. The fraction of sp³-hybridized carbons (Fsp3) is 1.00. The Hall–Kier alpha value is -0.0800. The molecular weight excluding hydrogens is 244 g/mol. The lowest BCUT2D eigenvalue weighted by Gasteiger charge is -2.49. The topological polar surface area (TPSA) is 29.3 Å². The van der Waals surface area contributed by atoms with Crippen LogP contribution in [0, 0.1) is 23.2 Å². The summed E-state index contributed by atoms with van der Waals surface area (Å²) in [5.41, 5.74) is 7.07. The highest BCUT2D eigenvalue weighted by molar-refractivity contribution is 4.99. The van der Waals surface area contributed by atoms with Crippen molar-refractivity contribution < 1.29 is 0 Å². The van der Waals surface area contributed by atoms with E-state index in [-0.39, 0.29) is 0 Å². The normalized spacial score (nSPS) is 38.5. The van der Waals surface area contributed by atoms with Gasteiger partial charge in [-0.25, -0.2) is 0 Å². The van der Waals surface area contributed by atoms with Gasteiger partial charge in [0.05, 0.1) is 0 Å². The van der Waals surface area contributed by atoms with Gasteiger partial charge >= 0.3 is 0 Å². The Labute approximate surface area is 125 Å². The van der Waals surface area contributed by atoms with Gasteiger partial charge in [0.15, 0.2) is 0 Å². The number of fused-ring (bicyclic) bond motifs is 2. The Kier molecular flexibility index (Phi) is 3.92. The summed E-state index contributed by atoms with van der Waals surface area (Å²) in [7, 11) is 2.36. The van der Waals surface area contributed by atoms with Gasteiger partial charge in [-0.3, -0.25) is 4.90 Å². The molecule has 3 rings (SSSR count). The number of hydrogen-bond donors (Lipinski definition) is 1. The van der Waals surface area contributed by atoms with Crippen LogP contribution in [-0.2, 0) is 0 Å². The third-order valence-corrected chi connectivity index (χ3v) is 7.12. The second kappa shape index (κ2) is 5.28. The molecule has 3 aliphatic carbocycles. The third kappa shape index (κ3) is 2.66. The molecule has 3 unspecified atom stereocenters. The van der Waals surface area contributed by atoms with Crippen LogP contribution >= 0.6 is 0 Å². The van der Waals surface area contributed by atoms with Gasteiger partial charge in [0.25, 0.3) is 0 Å². The standard InChI is InChI=1S/C18H34N2/c1-17(2)6-8-18(13-19,9-7-17)20(3)12-16-11-14-4-5-15(16)10-14/h14-16H,4-13,19H2,1-3H3. The predicted octanol–water partition coefficient (Wildman–Crippen LogP) is 3.65. The molecule has 0 radical (unpaired) electrons. The lowest BCUT2D eigenvalue weighted by molar-refractivity contribution is 0.0254. The Morgan fingerprint density at radius 1 is 1.05 bits per heavy atom. The Bertz CT molecular complexity index is 339. The molecule has 0 amide bonds. The quantitative estimate of drug-likeness (QED) is 0.850. The molecule has 0 aromatic rings. The second-order valence-corrected chi connectivity index (χ2v) is 8.91. The Morgan fingerprint density at radius 2 is 1.75 bits per heavy atom. The SMILES string of the molecule is CN(CC1CC2CCC1C2)C1(CN)CCC(C)(C)CC1. The van der Waals surface area contributed by atoms with Crippen LogP contribution in [0.3, 0.4) is 0 Å². The van der Waals surface area contributed by atoms with Crippen molar-refractivity contribution in [2.75, 3.05) is 20.1 Å². The van der Waals surface area contributed by atoms with Gasteiger partial charge in [-0.2, -0.15) is 0 Å². The Morgan fingerprint density at radius 3 is 2.25 bits per heavy atom. The summed E-state index contributed by atoms with van der Waals surface area (Å²) in [5.74, 6) is 3.08. The van der Waals surface area contributed by atoms with Gasteiger partial charge in [-0.05, 0) is 75.2 Å². The fourth-order valence-electron chi connectivity index (χ4n) is 5.28. The van der Waals surface area contributed by atoms with Gasteiger partial charge in [-0.1, -0.05) is 20.3 Å². The van der Waals surface area contributed by atoms with E-state index in [9.17, 15) is 0 Å². The molecule has 0 aromatic heterocycles. The van der Waals surface area contributed by atoms with Crippen LogP contribution in [0.2, 0.25) is 0 Å². The first-order valence-corrected chi connectivity index (χ1v) is 8.85. The van der Waals surface area contributed by atoms with Crippen molar-refractivity contribution in [3.05, 3.63) is 0 Å². The monoisotopic (exact) mass is 278 g/mol. The number of likely N-dealkylation sites (N-methyl/N-ethyl adjacent to an activating group) is 1. The fourth-order valence-corrected chi connectivity index (χ4v) is 5.28. The van der Waals surface area contributed by atoms with Crippen molar-refractivity contribution in [1.82, 2.24) is 4.90 Å². The third-order valence-electron chi connectivity index (χ3n) is 7.12. The number of rotatable bonds is 4. The van der Waals surface area contributed by atoms with Crippen molar-refractivity contribution in [3.8, 4) is 0 Å². The van der Waals surface area contributed by atoms with Crippen molar-refractivity contribution in [1.29, 1.82) is 0 Å². The summed E-state index contributed by atoms with van der Waals surface area (Å²) >= 11 is 0. The molecule has 0 aliphatic heterocycles. The summed E-state index contributed by atoms with van der Waals surface area (Å²) < 4.78 is 0. The molecule has 2 N–H and O–H groups in total. The summed E-state index contributed by atoms with van der Waals surface area (Å²) in [4.78, 5) is 2.67. The van der Waals surface area contributed by atoms with E-state index in [1.54, 1.807) is 0 Å². The molecule has 0 spiro atoms. The van der Waals surface area contributed by atoms with E-state index in [4.69, 9.17) is 5.73 Å². The van der Waals surface area contributed by atoms with Gasteiger partial charge in [0.1, 0.15) is 0 Å². The van der Waals surface area contributed by atoms with Crippen LogP contribution in [-0.4, -0.2) is 30.6 Å². The lowest BCUT2D eigenvalue weighted by atomic mass is 9.68. The average molecular weight is 278 g/mol. The van der Waals surface area contributed by atoms with Crippen molar-refractivity contribution in [2.45, 2.75) is 70.8 Å². The van der Waals surface area contributed by atoms with Crippen LogP contribution in [0.15, 0.2) is 0 Å². The van der Waals surface area contributed by atoms with E-state index in [1.165, 1.54) is 57.9 Å². The smallest absolute Gasteiger partial charge is 0.0329 e. The van der Waals surface area contributed by atoms with Crippen molar-refractivity contribution in [2.24, 2.45) is 28.9 Å². The van der Waals surface area contributed by atoms with Crippen molar-refractivity contribution >= 4 is 0 Å². The molecular formula is C18H34N2.